The number of nitrogens with one attached hydrogen (secondary N) is 1. The van der Waals surface area contributed by atoms with Gasteiger partial charge in [0.15, 0.2) is 9.84 Å². The number of anilines is 1. The van der Waals surface area contributed by atoms with Crippen molar-refractivity contribution < 1.29 is 13.2 Å². The molecule has 86 valence electrons. The molecule has 0 aliphatic carbocycles. The van der Waals surface area contributed by atoms with Crippen molar-refractivity contribution in [2.45, 2.75) is 6.42 Å². The minimum atomic E-state index is -3.01. The topological polar surface area (TPSA) is 76.1 Å². The average Bonchev–Trinajstić information content (AvgIpc) is 2.60. The highest BCUT2D eigenvalue weighted by molar-refractivity contribution is 7.91. The second-order valence-electron chi connectivity index (χ2n) is 3.83. The van der Waals surface area contributed by atoms with Gasteiger partial charge in [0.25, 0.3) is 0 Å². The van der Waals surface area contributed by atoms with Gasteiger partial charge in [0, 0.05) is 6.20 Å². The second kappa shape index (κ2) is 4.21. The van der Waals surface area contributed by atoms with E-state index in [9.17, 15) is 13.2 Å². The van der Waals surface area contributed by atoms with E-state index >= 15 is 0 Å². The summed E-state index contributed by atoms with van der Waals surface area (Å²) in [7, 11) is -3.01. The Balaban J connectivity index is 2.00. The molecule has 1 aromatic heterocycles. The van der Waals surface area contributed by atoms with Crippen LogP contribution in [0.3, 0.4) is 0 Å². The Morgan fingerprint density at radius 3 is 2.88 bits per heavy atom. The summed E-state index contributed by atoms with van der Waals surface area (Å²) in [4.78, 5) is 15.6. The third-order valence-corrected chi connectivity index (χ3v) is 4.30. The lowest BCUT2D eigenvalue weighted by atomic mass is 10.1. The Morgan fingerprint density at radius 2 is 2.31 bits per heavy atom. The zero-order valence-electron chi connectivity index (χ0n) is 8.59. The second-order valence-corrected chi connectivity index (χ2v) is 6.06. The summed E-state index contributed by atoms with van der Waals surface area (Å²) < 4.78 is 22.4. The summed E-state index contributed by atoms with van der Waals surface area (Å²) in [6.07, 6.45) is 3.55. The normalized spacial score (nSPS) is 22.9. The van der Waals surface area contributed by atoms with Crippen molar-refractivity contribution in [1.29, 1.82) is 0 Å². The molecule has 1 aliphatic rings. The van der Waals surface area contributed by atoms with E-state index in [0.29, 0.717) is 12.1 Å². The predicted molar refractivity (Wildman–Crippen MR) is 59.6 cm³/mol. The number of amides is 1. The van der Waals surface area contributed by atoms with Crippen LogP contribution in [-0.2, 0) is 14.6 Å². The van der Waals surface area contributed by atoms with Gasteiger partial charge in [-0.3, -0.25) is 9.78 Å². The number of aromatic nitrogens is 1. The first kappa shape index (κ1) is 11.1. The van der Waals surface area contributed by atoms with Gasteiger partial charge in [0.2, 0.25) is 5.91 Å². The van der Waals surface area contributed by atoms with E-state index in [1.54, 1.807) is 18.3 Å². The minimum absolute atomic E-state index is 0.0426. The first-order valence-corrected chi connectivity index (χ1v) is 6.80. The number of carbonyl (C=O) groups is 1. The van der Waals surface area contributed by atoms with Crippen LogP contribution >= 0.6 is 0 Å². The molecule has 16 heavy (non-hydrogen) atoms. The molecule has 2 heterocycles. The first-order valence-electron chi connectivity index (χ1n) is 4.98. The van der Waals surface area contributed by atoms with Crippen LogP contribution in [0.5, 0.6) is 0 Å². The fraction of sp³-hybridized carbons (Fsp3) is 0.400. The molecule has 0 bridgehead atoms. The molecule has 1 aliphatic heterocycles. The van der Waals surface area contributed by atoms with Crippen LogP contribution in [0.15, 0.2) is 24.5 Å². The van der Waals surface area contributed by atoms with Gasteiger partial charge in [-0.05, 0) is 18.6 Å². The van der Waals surface area contributed by atoms with Crippen LogP contribution in [0.2, 0.25) is 0 Å². The average molecular weight is 240 g/mol. The number of pyridine rings is 1. The summed E-state index contributed by atoms with van der Waals surface area (Å²) >= 11 is 0. The van der Waals surface area contributed by atoms with Gasteiger partial charge >= 0.3 is 0 Å². The van der Waals surface area contributed by atoms with Crippen molar-refractivity contribution in [2.75, 3.05) is 16.8 Å². The zero-order valence-corrected chi connectivity index (χ0v) is 9.40. The molecule has 0 saturated carbocycles. The van der Waals surface area contributed by atoms with Crippen LogP contribution in [0.25, 0.3) is 0 Å². The van der Waals surface area contributed by atoms with Crippen LogP contribution in [-0.4, -0.2) is 30.8 Å². The van der Waals surface area contributed by atoms with Crippen molar-refractivity contribution in [1.82, 2.24) is 4.98 Å². The molecule has 1 fully saturated rings. The van der Waals surface area contributed by atoms with E-state index in [4.69, 9.17) is 0 Å². The lowest BCUT2D eigenvalue weighted by Crippen LogP contribution is -2.23. The van der Waals surface area contributed by atoms with E-state index in [0.717, 1.165) is 0 Å². The molecule has 6 heteroatoms. The minimum Gasteiger partial charge on any atom is -0.324 e. The molecule has 0 spiro atoms. The van der Waals surface area contributed by atoms with E-state index in [1.807, 2.05) is 0 Å². The van der Waals surface area contributed by atoms with Crippen LogP contribution in [0, 0.1) is 5.92 Å². The quantitative estimate of drug-likeness (QED) is 0.814. The Bertz CT molecular complexity index is 484. The standard InChI is InChI=1S/C10H12N2O3S/c13-10(8-3-5-16(14,15)7-8)12-9-2-1-4-11-6-9/h1-2,4,6,8H,3,5,7H2,(H,12,13). The smallest absolute Gasteiger partial charge is 0.228 e. The molecule has 1 amide bonds. The molecule has 0 radical (unpaired) electrons. The van der Waals surface area contributed by atoms with Crippen LogP contribution < -0.4 is 5.32 Å². The molecule has 1 aromatic rings. The summed E-state index contributed by atoms with van der Waals surface area (Å²) in [5.41, 5.74) is 0.594. The molecule has 1 unspecified atom stereocenters. The molecule has 1 N–H and O–H groups in total. The maximum Gasteiger partial charge on any atom is 0.228 e. The van der Waals surface area contributed by atoms with Gasteiger partial charge in [-0.1, -0.05) is 0 Å². The first-order chi connectivity index (χ1) is 7.57. The van der Waals surface area contributed by atoms with Crippen molar-refractivity contribution in [3.8, 4) is 0 Å². The van der Waals surface area contributed by atoms with Gasteiger partial charge in [0.05, 0.1) is 29.3 Å². The van der Waals surface area contributed by atoms with E-state index in [-0.39, 0.29) is 17.4 Å². The number of sulfone groups is 1. The maximum absolute atomic E-state index is 11.7. The van der Waals surface area contributed by atoms with Gasteiger partial charge in [0.1, 0.15) is 0 Å². The van der Waals surface area contributed by atoms with Crippen molar-refractivity contribution >= 4 is 21.4 Å². The summed E-state index contributed by atoms with van der Waals surface area (Å²) in [6.45, 7) is 0. The van der Waals surface area contributed by atoms with Crippen LogP contribution in [0.4, 0.5) is 5.69 Å². The Kier molecular flexibility index (Phi) is 2.91. The molecule has 1 saturated heterocycles. The van der Waals surface area contributed by atoms with Crippen LogP contribution in [0.1, 0.15) is 6.42 Å². The highest BCUT2D eigenvalue weighted by Crippen LogP contribution is 2.20. The summed E-state index contributed by atoms with van der Waals surface area (Å²) in [6, 6.07) is 3.43. The number of hydrogen-bond donors (Lipinski definition) is 1. The van der Waals surface area contributed by atoms with Gasteiger partial charge in [-0.2, -0.15) is 0 Å². The van der Waals surface area contributed by atoms with E-state index in [1.165, 1.54) is 6.20 Å². The maximum atomic E-state index is 11.7. The lowest BCUT2D eigenvalue weighted by molar-refractivity contribution is -0.119. The third-order valence-electron chi connectivity index (χ3n) is 2.53. The van der Waals surface area contributed by atoms with E-state index < -0.39 is 15.8 Å². The van der Waals surface area contributed by atoms with Gasteiger partial charge in [-0.25, -0.2) is 8.42 Å². The fourth-order valence-electron chi connectivity index (χ4n) is 1.68. The number of nitrogens with zero attached hydrogens (tertiary/aromatic N) is 1. The predicted octanol–water partition coefficient (Wildman–Crippen LogP) is 0.455. The zero-order chi connectivity index (χ0) is 11.6. The molecule has 1 atom stereocenters. The number of carbonyl (C=O) groups excluding carboxylic acids is 1. The largest absolute Gasteiger partial charge is 0.324 e. The molecular weight excluding hydrogens is 228 g/mol. The molecular formula is C10H12N2O3S. The highest BCUT2D eigenvalue weighted by Gasteiger charge is 2.32. The summed E-state index contributed by atoms with van der Waals surface area (Å²) in [5.74, 6) is -0.601. The Morgan fingerprint density at radius 1 is 1.50 bits per heavy atom. The van der Waals surface area contributed by atoms with Crippen molar-refractivity contribution in [3.05, 3.63) is 24.5 Å². The van der Waals surface area contributed by atoms with Crippen molar-refractivity contribution in [3.63, 3.8) is 0 Å². The van der Waals surface area contributed by atoms with Gasteiger partial charge < -0.3 is 5.32 Å². The number of hydrogen-bond acceptors (Lipinski definition) is 4. The molecule has 2 rings (SSSR count). The highest BCUT2D eigenvalue weighted by atomic mass is 32.2. The lowest BCUT2D eigenvalue weighted by Gasteiger charge is -2.08. The van der Waals surface area contributed by atoms with Crippen molar-refractivity contribution in [2.24, 2.45) is 5.92 Å². The monoisotopic (exact) mass is 240 g/mol. The molecule has 0 aromatic carbocycles. The third kappa shape index (κ3) is 2.57. The van der Waals surface area contributed by atoms with E-state index in [2.05, 4.69) is 10.3 Å². The Hall–Kier alpha value is -1.43. The molecule has 5 nitrogen and oxygen atoms in total. The fourth-order valence-corrected chi connectivity index (χ4v) is 3.42. The number of rotatable bonds is 2. The van der Waals surface area contributed by atoms with Gasteiger partial charge in [-0.15, -0.1) is 0 Å². The summed E-state index contributed by atoms with van der Waals surface area (Å²) in [5, 5.41) is 2.66. The Labute approximate surface area is 93.8 Å². The SMILES string of the molecule is O=C(Nc1cccnc1)C1CCS(=O)(=O)C1.